The van der Waals surface area contributed by atoms with Crippen LogP contribution in [0.1, 0.15) is 40.0 Å². The van der Waals surface area contributed by atoms with Gasteiger partial charge in [0, 0.05) is 36.6 Å². The van der Waals surface area contributed by atoms with E-state index in [2.05, 4.69) is 47.9 Å². The van der Waals surface area contributed by atoms with Gasteiger partial charge in [0.2, 0.25) is 0 Å². The molecule has 1 unspecified atom stereocenters. The first-order valence-corrected chi connectivity index (χ1v) is 11.9. The molecule has 0 spiro atoms. The van der Waals surface area contributed by atoms with Gasteiger partial charge in [-0.1, -0.05) is 6.92 Å². The number of rotatable bonds is 4. The summed E-state index contributed by atoms with van der Waals surface area (Å²) >= 11 is 0. The van der Waals surface area contributed by atoms with E-state index in [1.54, 1.807) is 18.6 Å². The molecule has 2 bridgehead atoms. The number of nitrogens with zero attached hydrogens (tertiary/aromatic N) is 6. The predicted octanol–water partition coefficient (Wildman–Crippen LogP) is 4.46. The lowest BCUT2D eigenvalue weighted by Crippen LogP contribution is -2.73. The molecule has 7 nitrogen and oxygen atoms in total. The molecule has 2 aromatic heterocycles. The minimum absolute atomic E-state index is 0.0515. The summed E-state index contributed by atoms with van der Waals surface area (Å²) in [5.74, 6) is 1.25. The largest absolute Gasteiger partial charge is 0.507 e. The van der Waals surface area contributed by atoms with Gasteiger partial charge >= 0.3 is 0 Å². The van der Waals surface area contributed by atoms with Gasteiger partial charge in [-0.25, -0.2) is 9.37 Å². The van der Waals surface area contributed by atoms with Crippen molar-refractivity contribution in [1.29, 1.82) is 0 Å². The fraction of sp³-hybridized carbons (Fsp3) is 0.500. The van der Waals surface area contributed by atoms with Gasteiger partial charge < -0.3 is 14.6 Å². The zero-order valence-corrected chi connectivity index (χ0v) is 20.5. The summed E-state index contributed by atoms with van der Waals surface area (Å²) in [7, 11) is 3.99. The van der Waals surface area contributed by atoms with Crippen LogP contribution in [-0.2, 0) is 0 Å². The molecule has 0 aliphatic carbocycles. The Bertz CT molecular complexity index is 1170. The van der Waals surface area contributed by atoms with Crippen LogP contribution in [0.5, 0.6) is 5.75 Å². The van der Waals surface area contributed by atoms with Gasteiger partial charge in [-0.3, -0.25) is 4.90 Å². The fourth-order valence-corrected chi connectivity index (χ4v) is 6.37. The highest BCUT2D eigenvalue weighted by Gasteiger charge is 2.59. The molecule has 2 aliphatic rings. The first-order valence-electron chi connectivity index (χ1n) is 11.9. The van der Waals surface area contributed by atoms with Crippen LogP contribution in [0, 0.1) is 5.92 Å². The molecule has 0 saturated carbocycles. The summed E-state index contributed by atoms with van der Waals surface area (Å²) in [4.78, 5) is 8.26. The van der Waals surface area contributed by atoms with Crippen LogP contribution in [0.15, 0.2) is 49.1 Å². The molecule has 34 heavy (non-hydrogen) atoms. The van der Waals surface area contributed by atoms with E-state index in [9.17, 15) is 5.11 Å². The van der Waals surface area contributed by atoms with Crippen molar-refractivity contribution in [2.75, 3.05) is 19.0 Å². The molecular formula is C26H33FN6O. The van der Waals surface area contributed by atoms with Gasteiger partial charge in [-0.2, -0.15) is 0 Å². The first kappa shape index (κ1) is 22.8. The minimum Gasteiger partial charge on any atom is -0.507 e. The van der Waals surface area contributed by atoms with E-state index >= 15 is 4.39 Å². The number of anilines is 1. The molecule has 5 rings (SSSR count). The third-order valence-electron chi connectivity index (χ3n) is 8.28. The predicted molar refractivity (Wildman–Crippen MR) is 131 cm³/mol. The number of halogens is 1. The van der Waals surface area contributed by atoms with Crippen LogP contribution < -0.4 is 4.90 Å². The van der Waals surface area contributed by atoms with E-state index in [-0.39, 0.29) is 17.3 Å². The molecule has 2 saturated heterocycles. The van der Waals surface area contributed by atoms with Crippen LogP contribution in [0.3, 0.4) is 0 Å². The number of aromatic nitrogens is 4. The lowest BCUT2D eigenvalue weighted by molar-refractivity contribution is -0.132. The van der Waals surface area contributed by atoms with Crippen molar-refractivity contribution in [2.45, 2.75) is 63.3 Å². The third-order valence-corrected chi connectivity index (χ3v) is 8.28. The summed E-state index contributed by atoms with van der Waals surface area (Å²) in [6, 6.07) is 8.80. The Hall–Kier alpha value is -3.00. The van der Waals surface area contributed by atoms with E-state index in [1.165, 1.54) is 0 Å². The molecule has 8 heteroatoms. The highest BCUT2D eigenvalue weighted by atomic mass is 19.1. The summed E-state index contributed by atoms with van der Waals surface area (Å²) in [5, 5.41) is 19.4. The molecule has 0 radical (unpaired) electrons. The van der Waals surface area contributed by atoms with Gasteiger partial charge in [0.1, 0.15) is 11.9 Å². The quantitative estimate of drug-likeness (QED) is 0.615. The lowest BCUT2D eigenvalue weighted by atomic mass is 9.63. The highest BCUT2D eigenvalue weighted by molar-refractivity contribution is 5.69. The molecule has 1 aromatic carbocycles. The molecule has 3 aromatic rings. The first-order chi connectivity index (χ1) is 16.1. The number of fused-ring (bicyclic) bond motifs is 2. The monoisotopic (exact) mass is 464 g/mol. The van der Waals surface area contributed by atoms with Crippen LogP contribution >= 0.6 is 0 Å². The summed E-state index contributed by atoms with van der Waals surface area (Å²) < 4.78 is 17.8. The van der Waals surface area contributed by atoms with Gasteiger partial charge in [0.15, 0.2) is 5.82 Å². The van der Waals surface area contributed by atoms with Gasteiger partial charge in [-0.05, 0) is 70.3 Å². The van der Waals surface area contributed by atoms with Crippen LogP contribution in [0.2, 0.25) is 0 Å². The molecule has 0 amide bonds. The average molecular weight is 465 g/mol. The second-order valence-electron chi connectivity index (χ2n) is 10.7. The fourth-order valence-electron chi connectivity index (χ4n) is 6.37. The molecular weight excluding hydrogens is 431 g/mol. The van der Waals surface area contributed by atoms with Crippen LogP contribution in [-0.4, -0.2) is 67.1 Å². The number of piperidine rings is 2. The summed E-state index contributed by atoms with van der Waals surface area (Å²) in [6.07, 6.45) is 6.83. The number of aromatic hydroxyl groups is 1. The molecule has 1 N–H and O–H groups in total. The maximum atomic E-state index is 16.0. The molecule has 2 fully saturated rings. The smallest absolute Gasteiger partial charge is 0.151 e. The number of phenols is 1. The highest BCUT2D eigenvalue weighted by Crippen LogP contribution is 2.51. The van der Waals surface area contributed by atoms with E-state index < -0.39 is 11.7 Å². The Morgan fingerprint density at radius 1 is 1.12 bits per heavy atom. The Morgan fingerprint density at radius 3 is 2.56 bits per heavy atom. The second-order valence-corrected chi connectivity index (χ2v) is 10.7. The second kappa shape index (κ2) is 8.05. The van der Waals surface area contributed by atoms with Crippen molar-refractivity contribution >= 4 is 5.82 Å². The number of benzene rings is 1. The Balaban J connectivity index is 1.39. The number of alkyl halides is 1. The van der Waals surface area contributed by atoms with Crippen molar-refractivity contribution in [3.8, 4) is 22.7 Å². The maximum Gasteiger partial charge on any atom is 0.151 e. The van der Waals surface area contributed by atoms with E-state index in [0.717, 1.165) is 24.9 Å². The zero-order chi connectivity index (χ0) is 24.3. The Labute approximate surface area is 200 Å². The van der Waals surface area contributed by atoms with Gasteiger partial charge in [0.25, 0.3) is 0 Å². The Morgan fingerprint density at radius 2 is 1.91 bits per heavy atom. The van der Waals surface area contributed by atoms with Gasteiger partial charge in [0.05, 0.1) is 29.3 Å². The average Bonchev–Trinajstić information content (AvgIpc) is 3.34. The third kappa shape index (κ3) is 3.55. The number of imidazole rings is 1. The van der Waals surface area contributed by atoms with Crippen LogP contribution in [0.25, 0.3) is 16.9 Å². The standard InChI is InChI=1S/C26H33FN6O/c1-17-13-25(2)15-21(24(27)26(3,14-17)32(25)5)31(4)23-9-8-20(29-30-23)19-7-6-18(12-22(19)34)33-11-10-28-16-33/h6-12,16-17,21,24,34H,13-15H2,1-5H3/t17?,21-,24+,25-,26+/m0/s1. The van der Waals surface area contributed by atoms with E-state index in [1.807, 2.05) is 47.0 Å². The summed E-state index contributed by atoms with van der Waals surface area (Å²) in [6.45, 7) is 6.57. The van der Waals surface area contributed by atoms with Crippen molar-refractivity contribution < 1.29 is 9.50 Å². The van der Waals surface area contributed by atoms with Crippen molar-refractivity contribution in [1.82, 2.24) is 24.6 Å². The lowest BCUT2D eigenvalue weighted by Gasteiger charge is -2.63. The Kier molecular flexibility index (Phi) is 5.39. The van der Waals surface area contributed by atoms with Crippen molar-refractivity contribution in [3.05, 3.63) is 49.1 Å². The van der Waals surface area contributed by atoms with E-state index in [0.29, 0.717) is 23.0 Å². The molecule has 4 heterocycles. The molecule has 5 atom stereocenters. The van der Waals surface area contributed by atoms with E-state index in [4.69, 9.17) is 0 Å². The van der Waals surface area contributed by atoms with Gasteiger partial charge in [-0.15, -0.1) is 10.2 Å². The maximum absolute atomic E-state index is 16.0. The number of hydrogen-bond acceptors (Lipinski definition) is 6. The molecule has 2 aliphatic heterocycles. The minimum atomic E-state index is -1.00. The topological polar surface area (TPSA) is 70.3 Å². The van der Waals surface area contributed by atoms with Crippen molar-refractivity contribution in [2.24, 2.45) is 5.92 Å². The normalized spacial score (nSPS) is 31.4. The van der Waals surface area contributed by atoms with Crippen molar-refractivity contribution in [3.63, 3.8) is 0 Å². The SMILES string of the molecule is CC1C[C@@]2(C)C[C@H](N(C)c3ccc(-c4ccc(-n5ccnc5)cc4O)nn3)[C@@H](F)[C@@](C)(C1)N2C. The molecule has 180 valence electrons. The summed E-state index contributed by atoms with van der Waals surface area (Å²) in [5.41, 5.74) is 1.42. The number of phenolic OH excluding ortho intramolecular Hbond substituents is 1. The van der Waals surface area contributed by atoms with Crippen LogP contribution in [0.4, 0.5) is 10.2 Å². The zero-order valence-electron chi connectivity index (χ0n) is 20.5. The number of hydrogen-bond donors (Lipinski definition) is 1.